The maximum Gasteiger partial charge on any atom is 0.405 e. The minimum Gasteiger partial charge on any atom is -0.436 e. The lowest BCUT2D eigenvalue weighted by molar-refractivity contribution is -0.133. The van der Waals surface area contributed by atoms with E-state index in [1.165, 1.54) is 0 Å². The van der Waals surface area contributed by atoms with E-state index in [2.05, 4.69) is 21.9 Å². The number of aliphatic hydroxyl groups is 1. The van der Waals surface area contributed by atoms with Crippen LogP contribution in [0.5, 0.6) is 0 Å². The van der Waals surface area contributed by atoms with Crippen LogP contribution in [-0.2, 0) is 32.3 Å². The van der Waals surface area contributed by atoms with Crippen molar-refractivity contribution in [3.63, 3.8) is 0 Å². The van der Waals surface area contributed by atoms with Gasteiger partial charge in [-0.2, -0.15) is 0 Å². The summed E-state index contributed by atoms with van der Waals surface area (Å²) in [6.45, 7) is 1.79. The molecule has 186 valence electrons. The summed E-state index contributed by atoms with van der Waals surface area (Å²) in [5.74, 6) is 1.11. The number of ether oxygens (including phenoxy) is 2. The Morgan fingerprint density at radius 3 is 2.50 bits per heavy atom. The average molecular weight is 478 g/mol. The fourth-order valence-corrected chi connectivity index (χ4v) is 2.96. The predicted molar refractivity (Wildman–Crippen MR) is 123 cm³/mol. The second kappa shape index (κ2) is 15.1. The number of terminal acetylenes is 1. The molecule has 8 N–H and O–H groups in total. The number of urea groups is 1. The van der Waals surface area contributed by atoms with Crippen molar-refractivity contribution in [3.8, 4) is 12.3 Å². The second-order valence-electron chi connectivity index (χ2n) is 7.16. The van der Waals surface area contributed by atoms with Crippen molar-refractivity contribution in [2.24, 2.45) is 11.5 Å². The lowest BCUT2D eigenvalue weighted by atomic mass is 10.1. The molecule has 5 amide bonds. The van der Waals surface area contributed by atoms with Crippen LogP contribution < -0.4 is 27.4 Å². The first-order chi connectivity index (χ1) is 16.2. The van der Waals surface area contributed by atoms with Gasteiger partial charge >= 0.3 is 12.1 Å². The normalized spacial score (nSPS) is 12.0. The number of rotatable bonds is 14. The highest BCUT2D eigenvalue weighted by Gasteiger charge is 2.26. The number of carbonyl (C=O) groups is 4. The first-order valence-corrected chi connectivity index (χ1v) is 10.6. The monoisotopic (exact) mass is 477 g/mol. The summed E-state index contributed by atoms with van der Waals surface area (Å²) in [7, 11) is 0. The minimum atomic E-state index is -1.17. The highest BCUT2D eigenvalue weighted by Crippen LogP contribution is 2.18. The minimum absolute atomic E-state index is 0.0842. The Hall–Kier alpha value is -3.82. The molecule has 12 nitrogen and oxygen atoms in total. The third kappa shape index (κ3) is 10.2. The molecule has 0 bridgehead atoms. The molecule has 0 spiro atoms. The quantitative estimate of drug-likeness (QED) is 0.161. The van der Waals surface area contributed by atoms with Gasteiger partial charge in [-0.15, -0.1) is 6.42 Å². The van der Waals surface area contributed by atoms with E-state index in [-0.39, 0.29) is 39.2 Å². The molecule has 0 aromatic heterocycles. The van der Waals surface area contributed by atoms with Gasteiger partial charge in [-0.1, -0.05) is 18.9 Å². The van der Waals surface area contributed by atoms with E-state index in [1.54, 1.807) is 25.1 Å². The van der Waals surface area contributed by atoms with Crippen LogP contribution in [0.4, 0.5) is 15.3 Å². The lowest BCUT2D eigenvalue weighted by Gasteiger charge is -2.22. The van der Waals surface area contributed by atoms with Crippen molar-refractivity contribution in [1.82, 2.24) is 10.6 Å². The van der Waals surface area contributed by atoms with Crippen LogP contribution in [0.1, 0.15) is 37.3 Å². The topological polar surface area (TPSA) is 195 Å². The average Bonchev–Trinajstić information content (AvgIpc) is 2.79. The van der Waals surface area contributed by atoms with Crippen molar-refractivity contribution >= 4 is 29.6 Å². The number of amides is 5. The van der Waals surface area contributed by atoms with Crippen LogP contribution in [0.2, 0.25) is 0 Å². The molecule has 2 atom stereocenters. The van der Waals surface area contributed by atoms with Crippen LogP contribution in [0, 0.1) is 12.3 Å². The van der Waals surface area contributed by atoms with Gasteiger partial charge in [0.15, 0.2) is 6.10 Å². The van der Waals surface area contributed by atoms with E-state index in [4.69, 9.17) is 27.4 Å². The van der Waals surface area contributed by atoms with Gasteiger partial charge in [-0.3, -0.25) is 9.59 Å². The summed E-state index contributed by atoms with van der Waals surface area (Å²) in [5.41, 5.74) is 11.7. The van der Waals surface area contributed by atoms with E-state index >= 15 is 0 Å². The van der Waals surface area contributed by atoms with Crippen LogP contribution in [0.15, 0.2) is 18.2 Å². The summed E-state index contributed by atoms with van der Waals surface area (Å²) >= 11 is 0. The molecule has 0 saturated heterocycles. The molecule has 0 saturated carbocycles. The van der Waals surface area contributed by atoms with E-state index in [9.17, 15) is 24.3 Å². The van der Waals surface area contributed by atoms with Crippen LogP contribution in [0.25, 0.3) is 0 Å². The molecular formula is C22H31N5O7. The Morgan fingerprint density at radius 1 is 1.18 bits per heavy atom. The SMILES string of the molecule is C#CCOCc1cc(NC(=O)[C@H](CCCNC(N)=O)NC(=O)[C@H](CC)OC(N)=O)ccc1CO. The number of hydrogen-bond acceptors (Lipinski definition) is 7. The molecule has 12 heteroatoms. The molecule has 0 aliphatic rings. The Balaban J connectivity index is 2.97. The molecule has 1 rings (SSSR count). The summed E-state index contributed by atoms with van der Waals surface area (Å²) < 4.78 is 10.1. The fraction of sp³-hybridized carbons (Fsp3) is 0.455. The summed E-state index contributed by atoms with van der Waals surface area (Å²) in [4.78, 5) is 47.4. The van der Waals surface area contributed by atoms with E-state index in [0.29, 0.717) is 23.2 Å². The van der Waals surface area contributed by atoms with Crippen molar-refractivity contribution < 1.29 is 33.8 Å². The van der Waals surface area contributed by atoms with Gasteiger partial charge in [-0.25, -0.2) is 9.59 Å². The third-order valence-corrected chi connectivity index (χ3v) is 4.61. The molecule has 34 heavy (non-hydrogen) atoms. The van der Waals surface area contributed by atoms with Gasteiger partial charge in [-0.05, 0) is 42.5 Å². The molecule has 1 aromatic rings. The number of nitrogens with one attached hydrogen (secondary N) is 3. The van der Waals surface area contributed by atoms with Gasteiger partial charge in [0.25, 0.3) is 5.91 Å². The number of primary amides is 2. The number of nitrogens with two attached hydrogens (primary N) is 2. The van der Waals surface area contributed by atoms with Crippen molar-refractivity contribution in [3.05, 3.63) is 29.3 Å². The van der Waals surface area contributed by atoms with Gasteiger partial charge in [0.2, 0.25) is 5.91 Å². The van der Waals surface area contributed by atoms with Gasteiger partial charge in [0.05, 0.1) is 13.2 Å². The number of carbonyl (C=O) groups excluding carboxylic acids is 4. The smallest absolute Gasteiger partial charge is 0.405 e. The zero-order chi connectivity index (χ0) is 25.5. The molecule has 0 fully saturated rings. The molecule has 0 unspecified atom stereocenters. The Kier molecular flexibility index (Phi) is 12.5. The third-order valence-electron chi connectivity index (χ3n) is 4.61. The number of benzene rings is 1. The zero-order valence-electron chi connectivity index (χ0n) is 19.0. The Labute approximate surface area is 197 Å². The van der Waals surface area contributed by atoms with E-state index in [1.807, 2.05) is 0 Å². The summed E-state index contributed by atoms with van der Waals surface area (Å²) in [5, 5.41) is 17.2. The van der Waals surface area contributed by atoms with Crippen LogP contribution >= 0.6 is 0 Å². The molecule has 1 aromatic carbocycles. The standard InChI is InChI=1S/C22H31N5O7/c1-3-10-33-13-15-11-16(8-7-14(15)12-28)26-19(29)17(6-5-9-25-21(23)31)27-20(30)18(4-2)34-22(24)32/h1,7-8,11,17-18,28H,4-6,9-10,12-13H2,2H3,(H2,24,32)(H,26,29)(H,27,30)(H3,23,25,31)/t17-,18-/m0/s1. The molecule has 0 aliphatic heterocycles. The summed E-state index contributed by atoms with van der Waals surface area (Å²) in [6, 6.07) is 3.11. The highest BCUT2D eigenvalue weighted by molar-refractivity contribution is 5.98. The first kappa shape index (κ1) is 28.2. The maximum absolute atomic E-state index is 13.0. The Morgan fingerprint density at radius 2 is 1.91 bits per heavy atom. The van der Waals surface area contributed by atoms with Crippen LogP contribution in [-0.4, -0.2) is 54.3 Å². The number of anilines is 1. The van der Waals surface area contributed by atoms with E-state index in [0.717, 1.165) is 0 Å². The first-order valence-electron chi connectivity index (χ1n) is 10.6. The molecule has 0 aliphatic carbocycles. The lowest BCUT2D eigenvalue weighted by Crippen LogP contribution is -2.49. The summed E-state index contributed by atoms with van der Waals surface area (Å²) in [6.07, 6.45) is 3.52. The zero-order valence-corrected chi connectivity index (χ0v) is 19.0. The fourth-order valence-electron chi connectivity index (χ4n) is 2.96. The van der Waals surface area contributed by atoms with E-state index < -0.39 is 36.1 Å². The van der Waals surface area contributed by atoms with Crippen molar-refractivity contribution in [2.75, 3.05) is 18.5 Å². The number of aliphatic hydroxyl groups excluding tert-OH is 1. The molecular weight excluding hydrogens is 446 g/mol. The predicted octanol–water partition coefficient (Wildman–Crippen LogP) is 0.0744. The van der Waals surface area contributed by atoms with Gasteiger partial charge in [0, 0.05) is 12.2 Å². The molecule has 0 radical (unpaired) electrons. The maximum atomic E-state index is 13.0. The van der Waals surface area contributed by atoms with Crippen molar-refractivity contribution in [2.45, 2.75) is 51.5 Å². The highest BCUT2D eigenvalue weighted by atomic mass is 16.6. The Bertz CT molecular complexity index is 900. The van der Waals surface area contributed by atoms with Gasteiger partial charge in [0.1, 0.15) is 12.6 Å². The molecule has 0 heterocycles. The van der Waals surface area contributed by atoms with Crippen molar-refractivity contribution in [1.29, 1.82) is 0 Å². The largest absolute Gasteiger partial charge is 0.436 e. The van der Waals surface area contributed by atoms with Crippen LogP contribution in [0.3, 0.4) is 0 Å². The van der Waals surface area contributed by atoms with Gasteiger partial charge < -0.3 is 42.0 Å². The second-order valence-corrected chi connectivity index (χ2v) is 7.16. The number of hydrogen-bond donors (Lipinski definition) is 6.